The fourth-order valence-electron chi connectivity index (χ4n) is 3.34. The van der Waals surface area contributed by atoms with Gasteiger partial charge in [-0.15, -0.1) is 0 Å². The third-order valence-electron chi connectivity index (χ3n) is 5.04. The Morgan fingerprint density at radius 2 is 1.82 bits per heavy atom. The van der Waals surface area contributed by atoms with Gasteiger partial charge in [0, 0.05) is 17.8 Å². The molecular weight excluding hydrogens is 481 g/mol. The van der Waals surface area contributed by atoms with Gasteiger partial charge in [-0.1, -0.05) is 53.0 Å². The fraction of sp³-hybridized carbons (Fsp3) is 0.0870. The van der Waals surface area contributed by atoms with Gasteiger partial charge in [0.2, 0.25) is 18.2 Å². The molecule has 0 saturated heterocycles. The lowest BCUT2D eigenvalue weighted by atomic mass is 10.1. The van der Waals surface area contributed by atoms with E-state index in [-0.39, 0.29) is 34.8 Å². The monoisotopic (exact) mass is 497 g/mol. The number of nitro groups is 1. The van der Waals surface area contributed by atoms with Crippen LogP contribution < -0.4 is 10.2 Å². The molecule has 0 spiro atoms. The van der Waals surface area contributed by atoms with E-state index >= 15 is 0 Å². The van der Waals surface area contributed by atoms with E-state index < -0.39 is 10.8 Å². The maximum absolute atomic E-state index is 12.0. The van der Waals surface area contributed by atoms with Crippen molar-refractivity contribution in [3.05, 3.63) is 85.9 Å². The van der Waals surface area contributed by atoms with E-state index in [0.29, 0.717) is 22.1 Å². The van der Waals surface area contributed by atoms with Gasteiger partial charge < -0.3 is 15.3 Å². The number of aromatic hydroxyl groups is 1. The number of carbonyl (C=O) groups is 1. The number of hydrogen-bond acceptors (Lipinski definition) is 7. The van der Waals surface area contributed by atoms with Crippen molar-refractivity contribution in [3.63, 3.8) is 0 Å². The van der Waals surface area contributed by atoms with E-state index in [4.69, 9.17) is 23.2 Å². The molecule has 4 rings (SSSR count). The molecule has 0 aliphatic heterocycles. The Balaban J connectivity index is 1.83. The molecule has 3 aromatic carbocycles. The van der Waals surface area contributed by atoms with Crippen molar-refractivity contribution in [1.82, 2.24) is 9.97 Å². The van der Waals surface area contributed by atoms with Crippen LogP contribution in [0.1, 0.15) is 11.1 Å². The van der Waals surface area contributed by atoms with Gasteiger partial charge in [-0.3, -0.25) is 14.9 Å². The largest absolute Gasteiger partial charge is 0.493 e. The van der Waals surface area contributed by atoms with E-state index in [0.717, 1.165) is 17.2 Å². The number of nitrogens with one attached hydrogen (secondary N) is 1. The number of amides is 1. The van der Waals surface area contributed by atoms with Gasteiger partial charge in [-0.25, -0.2) is 4.98 Å². The minimum Gasteiger partial charge on any atom is -0.493 e. The van der Waals surface area contributed by atoms with Gasteiger partial charge in [-0.2, -0.15) is 4.98 Å². The molecule has 0 radical (unpaired) electrons. The standard InChI is InChI=1S/C23H17Cl2N5O4/c1-13-2-4-14(5-3-13)11-29(12-31)20-10-16(30(33)34)9-17-21(20)27-23(28-22(17)32)26-15-6-7-18(24)19(25)8-15/h2-10,12H,11H2,1H3,(H2,26,27,28,32). The predicted octanol–water partition coefficient (Wildman–Crippen LogP) is 5.77. The van der Waals surface area contributed by atoms with Crippen molar-refractivity contribution in [1.29, 1.82) is 0 Å². The van der Waals surface area contributed by atoms with Crippen molar-refractivity contribution in [2.75, 3.05) is 10.2 Å². The third kappa shape index (κ3) is 4.85. The van der Waals surface area contributed by atoms with Crippen LogP contribution in [0.15, 0.2) is 54.6 Å². The Kier molecular flexibility index (Phi) is 6.49. The van der Waals surface area contributed by atoms with Crippen LogP contribution in [-0.2, 0) is 11.3 Å². The molecular formula is C23H17Cl2N5O4. The topological polar surface area (TPSA) is 121 Å². The summed E-state index contributed by atoms with van der Waals surface area (Å²) in [6.45, 7) is 2.08. The minimum absolute atomic E-state index is 0.000299. The maximum atomic E-state index is 12.0. The lowest BCUT2D eigenvalue weighted by molar-refractivity contribution is -0.384. The summed E-state index contributed by atoms with van der Waals surface area (Å²) in [7, 11) is 0. The van der Waals surface area contributed by atoms with E-state index in [1.807, 2.05) is 31.2 Å². The first-order valence-electron chi connectivity index (χ1n) is 9.94. The van der Waals surface area contributed by atoms with Crippen LogP contribution >= 0.6 is 23.2 Å². The summed E-state index contributed by atoms with van der Waals surface area (Å²) in [6.07, 6.45) is 0.559. The highest BCUT2D eigenvalue weighted by Gasteiger charge is 2.21. The van der Waals surface area contributed by atoms with E-state index in [9.17, 15) is 20.0 Å². The molecule has 0 saturated carbocycles. The Hall–Kier alpha value is -3.95. The molecule has 0 fully saturated rings. The van der Waals surface area contributed by atoms with Gasteiger partial charge in [0.15, 0.2) is 0 Å². The molecule has 11 heteroatoms. The van der Waals surface area contributed by atoms with Crippen LogP contribution in [0, 0.1) is 17.0 Å². The second-order valence-electron chi connectivity index (χ2n) is 7.46. The number of carbonyl (C=O) groups excluding carboxylic acids is 1. The van der Waals surface area contributed by atoms with Crippen LogP contribution in [0.25, 0.3) is 10.9 Å². The maximum Gasteiger partial charge on any atom is 0.272 e. The molecule has 0 atom stereocenters. The quantitative estimate of drug-likeness (QED) is 0.189. The molecule has 0 aliphatic carbocycles. The number of hydrogen-bond donors (Lipinski definition) is 2. The molecule has 34 heavy (non-hydrogen) atoms. The summed E-state index contributed by atoms with van der Waals surface area (Å²) >= 11 is 12.0. The van der Waals surface area contributed by atoms with Crippen LogP contribution in [0.5, 0.6) is 5.88 Å². The van der Waals surface area contributed by atoms with Gasteiger partial charge in [-0.05, 0) is 30.7 Å². The Labute approximate surface area is 203 Å². The number of rotatable bonds is 7. The summed E-state index contributed by atoms with van der Waals surface area (Å²) in [6, 6.07) is 14.7. The molecule has 0 unspecified atom stereocenters. The molecule has 4 aromatic rings. The lowest BCUT2D eigenvalue weighted by Crippen LogP contribution is -2.21. The lowest BCUT2D eigenvalue weighted by Gasteiger charge is -2.20. The summed E-state index contributed by atoms with van der Waals surface area (Å²) in [5, 5.41) is 25.7. The van der Waals surface area contributed by atoms with Gasteiger partial charge in [0.25, 0.3) is 5.69 Å². The number of anilines is 3. The molecule has 0 bridgehead atoms. The van der Waals surface area contributed by atoms with Gasteiger partial charge >= 0.3 is 0 Å². The Bertz CT molecular complexity index is 1410. The zero-order valence-corrected chi connectivity index (χ0v) is 19.2. The molecule has 1 amide bonds. The average molecular weight is 498 g/mol. The fourth-order valence-corrected chi connectivity index (χ4v) is 3.63. The first-order chi connectivity index (χ1) is 16.2. The van der Waals surface area contributed by atoms with E-state index in [2.05, 4.69) is 15.3 Å². The van der Waals surface area contributed by atoms with Crippen molar-refractivity contribution < 1.29 is 14.8 Å². The van der Waals surface area contributed by atoms with E-state index in [1.54, 1.807) is 18.2 Å². The molecule has 172 valence electrons. The number of benzene rings is 3. The van der Waals surface area contributed by atoms with Crippen LogP contribution in [-0.4, -0.2) is 26.4 Å². The summed E-state index contributed by atoms with van der Waals surface area (Å²) in [5.74, 6) is -0.488. The smallest absolute Gasteiger partial charge is 0.272 e. The molecule has 9 nitrogen and oxygen atoms in total. The summed E-state index contributed by atoms with van der Waals surface area (Å²) in [5.41, 5.74) is 2.35. The summed E-state index contributed by atoms with van der Waals surface area (Å²) in [4.78, 5) is 32.7. The van der Waals surface area contributed by atoms with Crippen molar-refractivity contribution >= 4 is 63.5 Å². The highest BCUT2D eigenvalue weighted by molar-refractivity contribution is 6.42. The van der Waals surface area contributed by atoms with E-state index in [1.165, 1.54) is 11.0 Å². The number of aryl methyl sites for hydroxylation is 1. The average Bonchev–Trinajstić information content (AvgIpc) is 2.80. The number of halogens is 2. The SMILES string of the molecule is Cc1ccc(CN(C=O)c2cc([N+](=O)[O-])cc3c(O)nc(Nc4ccc(Cl)c(Cl)c4)nc23)cc1. The second kappa shape index (κ2) is 9.50. The zero-order chi connectivity index (χ0) is 24.4. The van der Waals surface area contributed by atoms with Gasteiger partial charge in [0.1, 0.15) is 5.52 Å². The molecule has 1 heterocycles. The Morgan fingerprint density at radius 3 is 2.47 bits per heavy atom. The van der Waals surface area contributed by atoms with Crippen LogP contribution in [0.3, 0.4) is 0 Å². The van der Waals surface area contributed by atoms with Crippen molar-refractivity contribution in [3.8, 4) is 5.88 Å². The zero-order valence-electron chi connectivity index (χ0n) is 17.7. The first-order valence-corrected chi connectivity index (χ1v) is 10.7. The number of non-ortho nitro benzene ring substituents is 1. The third-order valence-corrected chi connectivity index (χ3v) is 5.78. The number of nitro benzene ring substituents is 1. The number of aromatic nitrogens is 2. The highest BCUT2D eigenvalue weighted by Crippen LogP contribution is 2.36. The highest BCUT2D eigenvalue weighted by atomic mass is 35.5. The van der Waals surface area contributed by atoms with Crippen molar-refractivity contribution in [2.45, 2.75) is 13.5 Å². The summed E-state index contributed by atoms with van der Waals surface area (Å²) < 4.78 is 0. The molecule has 0 aliphatic rings. The minimum atomic E-state index is -0.612. The normalized spacial score (nSPS) is 10.8. The second-order valence-corrected chi connectivity index (χ2v) is 8.28. The Morgan fingerprint density at radius 1 is 1.09 bits per heavy atom. The molecule has 2 N–H and O–H groups in total. The number of fused-ring (bicyclic) bond motifs is 1. The molecule has 1 aromatic heterocycles. The van der Waals surface area contributed by atoms with Gasteiger partial charge in [0.05, 0.1) is 32.6 Å². The van der Waals surface area contributed by atoms with Crippen LogP contribution in [0.2, 0.25) is 10.0 Å². The predicted molar refractivity (Wildman–Crippen MR) is 131 cm³/mol. The first kappa shape index (κ1) is 23.2. The van der Waals surface area contributed by atoms with Crippen molar-refractivity contribution in [2.24, 2.45) is 0 Å². The van der Waals surface area contributed by atoms with Crippen LogP contribution in [0.4, 0.5) is 23.0 Å². The number of nitrogens with zero attached hydrogens (tertiary/aromatic N) is 4.